The molecule has 0 aromatic heterocycles. The highest BCUT2D eigenvalue weighted by molar-refractivity contribution is 8.00. The molecule has 7 amide bonds. The molecule has 23 nitrogen and oxygen atoms in total. The third kappa shape index (κ3) is 47.3. The van der Waals surface area contributed by atoms with Gasteiger partial charge in [0.15, 0.2) is 0 Å². The Labute approximate surface area is 519 Å². The molecule has 0 unspecified atom stereocenters. The summed E-state index contributed by atoms with van der Waals surface area (Å²) in [5, 5.41) is 40.7. The number of ether oxygens (including phenoxy) is 8. The Kier molecular flexibility index (Phi) is 52.6. The Morgan fingerprint density at radius 3 is 1.33 bits per heavy atom. The largest absolute Gasteiger partial charge is 0.394 e. The molecule has 2 rings (SSSR count). The molecule has 2 aliphatic heterocycles. The first kappa shape index (κ1) is 78.4. The average molecular weight is 1250 g/mol. The van der Waals surface area contributed by atoms with Gasteiger partial charge in [0, 0.05) is 69.3 Å². The molecule has 2 fully saturated rings. The van der Waals surface area contributed by atoms with Gasteiger partial charge in [-0.2, -0.15) is 11.8 Å². The van der Waals surface area contributed by atoms with Gasteiger partial charge in [0.25, 0.3) is 0 Å². The van der Waals surface area contributed by atoms with E-state index in [0.29, 0.717) is 156 Å². The minimum atomic E-state index is -1.01. The second kappa shape index (κ2) is 57.7. The number of aliphatic hydroxyl groups is 2. The first-order valence-corrected chi connectivity index (χ1v) is 33.8. The van der Waals surface area contributed by atoms with Crippen molar-refractivity contribution in [3.8, 4) is 0 Å². The fourth-order valence-corrected chi connectivity index (χ4v) is 11.0. The molecular formula is C62H115N7O16S. The molecule has 2 saturated heterocycles. The molecule has 0 aromatic rings. The molecule has 2 aliphatic rings. The molecule has 9 N–H and O–H groups in total. The Morgan fingerprint density at radius 1 is 0.488 bits per heavy atom. The summed E-state index contributed by atoms with van der Waals surface area (Å²) in [6.45, 7) is 10.4. The fraction of sp³-hybridized carbons (Fsp3) is 0.871. The smallest absolute Gasteiger partial charge is 0.315 e. The number of amides is 7. The van der Waals surface area contributed by atoms with E-state index >= 15 is 0 Å². The molecule has 0 aliphatic carbocycles. The first-order valence-electron chi connectivity index (χ1n) is 32.7. The SMILES string of the molecule is CCCCCCCCCCCCC/C=C/[C@H](O)[C@H](CO)NC(=O)CCC(=O)NCCOCCOCCOCCOCCOCCOCCOCCOCCNC(=O)CCCCCNC(=O)CCCCCNC(=O)CCCC[C@@H]1SC[C@@H]2NC(=O)N[C@@H]21. The molecule has 2 heterocycles. The van der Waals surface area contributed by atoms with Crippen LogP contribution in [0.4, 0.5) is 4.79 Å². The van der Waals surface area contributed by atoms with Gasteiger partial charge < -0.3 is 85.3 Å². The Hall–Kier alpha value is -3.69. The normalized spacial score (nSPS) is 16.2. The van der Waals surface area contributed by atoms with Crippen LogP contribution >= 0.6 is 11.8 Å². The summed E-state index contributed by atoms with van der Waals surface area (Å²) < 4.78 is 44.1. The van der Waals surface area contributed by atoms with Gasteiger partial charge in [-0.15, -0.1) is 0 Å². The third-order valence-corrected chi connectivity index (χ3v) is 16.0. The van der Waals surface area contributed by atoms with Gasteiger partial charge in [-0.1, -0.05) is 103 Å². The second-order valence-electron chi connectivity index (χ2n) is 21.9. The maximum atomic E-state index is 12.4. The van der Waals surface area contributed by atoms with E-state index in [-0.39, 0.29) is 54.6 Å². The minimum absolute atomic E-state index is 0.0154. The molecule has 0 radical (unpaired) electrons. The number of hydrogen-bond donors (Lipinski definition) is 9. The highest BCUT2D eigenvalue weighted by Crippen LogP contribution is 2.33. The zero-order valence-electron chi connectivity index (χ0n) is 52.5. The second-order valence-corrected chi connectivity index (χ2v) is 23.2. The minimum Gasteiger partial charge on any atom is -0.394 e. The highest BCUT2D eigenvalue weighted by atomic mass is 32.2. The Balaban J connectivity index is 1.20. The van der Waals surface area contributed by atoms with Gasteiger partial charge in [-0.3, -0.25) is 24.0 Å². The molecule has 0 aromatic carbocycles. The molecule has 5 atom stereocenters. The number of unbranched alkanes of at least 4 members (excludes halogenated alkanes) is 16. The lowest BCUT2D eigenvalue weighted by Gasteiger charge is -2.19. The van der Waals surface area contributed by atoms with Crippen molar-refractivity contribution in [3.63, 3.8) is 0 Å². The van der Waals surface area contributed by atoms with E-state index in [1.807, 2.05) is 17.8 Å². The number of hydrogen-bond acceptors (Lipinski definition) is 17. The first-order chi connectivity index (χ1) is 42.1. The summed E-state index contributed by atoms with van der Waals surface area (Å²) in [7, 11) is 0. The van der Waals surface area contributed by atoms with E-state index in [1.165, 1.54) is 57.8 Å². The maximum absolute atomic E-state index is 12.4. The lowest BCUT2D eigenvalue weighted by Crippen LogP contribution is -2.45. The van der Waals surface area contributed by atoms with Crippen molar-refractivity contribution < 1.29 is 76.9 Å². The van der Waals surface area contributed by atoms with Crippen molar-refractivity contribution in [2.24, 2.45) is 0 Å². The van der Waals surface area contributed by atoms with Crippen molar-refractivity contribution in [1.82, 2.24) is 37.2 Å². The van der Waals surface area contributed by atoms with Crippen molar-refractivity contribution in [3.05, 3.63) is 12.2 Å². The Morgan fingerprint density at radius 2 is 0.872 bits per heavy atom. The van der Waals surface area contributed by atoms with Gasteiger partial charge in [0.2, 0.25) is 29.5 Å². The number of rotatable bonds is 63. The zero-order valence-corrected chi connectivity index (χ0v) is 53.3. The van der Waals surface area contributed by atoms with Gasteiger partial charge in [0.05, 0.1) is 137 Å². The number of fused-ring (bicyclic) bond motifs is 1. The van der Waals surface area contributed by atoms with Crippen LogP contribution in [0.15, 0.2) is 12.2 Å². The van der Waals surface area contributed by atoms with Crippen molar-refractivity contribution in [1.29, 1.82) is 0 Å². The van der Waals surface area contributed by atoms with Gasteiger partial charge in [0.1, 0.15) is 0 Å². The number of carbonyl (C=O) groups excluding carboxylic acids is 6. The highest BCUT2D eigenvalue weighted by Gasteiger charge is 2.42. The molecule has 0 saturated carbocycles. The quantitative estimate of drug-likeness (QED) is 0.0212. The predicted octanol–water partition coefficient (Wildman–Crippen LogP) is 5.31. The van der Waals surface area contributed by atoms with E-state index in [0.717, 1.165) is 82.8 Å². The molecule has 0 spiro atoms. The number of thioether (sulfide) groups is 1. The summed E-state index contributed by atoms with van der Waals surface area (Å²) >= 11 is 1.90. The van der Waals surface area contributed by atoms with E-state index in [9.17, 15) is 39.0 Å². The Bertz CT molecular complexity index is 1730. The predicted molar refractivity (Wildman–Crippen MR) is 334 cm³/mol. The van der Waals surface area contributed by atoms with Crippen LogP contribution in [-0.2, 0) is 61.9 Å². The number of aliphatic hydroxyl groups excluding tert-OH is 2. The van der Waals surface area contributed by atoms with E-state index < -0.39 is 24.7 Å². The molecule has 24 heteroatoms. The van der Waals surface area contributed by atoms with Crippen LogP contribution in [-0.4, -0.2) is 220 Å². The van der Waals surface area contributed by atoms with Crippen LogP contribution in [0, 0.1) is 0 Å². The van der Waals surface area contributed by atoms with Gasteiger partial charge in [-0.25, -0.2) is 4.79 Å². The molecule has 500 valence electrons. The number of urea groups is 1. The van der Waals surface area contributed by atoms with Gasteiger partial charge in [-0.05, 0) is 51.4 Å². The number of nitrogens with one attached hydrogen (secondary N) is 7. The summed E-state index contributed by atoms with van der Waals surface area (Å²) in [4.78, 5) is 72.6. The van der Waals surface area contributed by atoms with Crippen LogP contribution in [0.5, 0.6) is 0 Å². The lowest BCUT2D eigenvalue weighted by molar-refractivity contribution is -0.127. The summed E-state index contributed by atoms with van der Waals surface area (Å²) in [6, 6.07) is -0.458. The van der Waals surface area contributed by atoms with Crippen molar-refractivity contribution in [2.75, 3.05) is 144 Å². The fourth-order valence-electron chi connectivity index (χ4n) is 9.47. The van der Waals surface area contributed by atoms with Crippen LogP contribution in [0.2, 0.25) is 0 Å². The van der Waals surface area contributed by atoms with E-state index in [4.69, 9.17) is 37.9 Å². The van der Waals surface area contributed by atoms with Crippen molar-refractivity contribution >= 4 is 47.3 Å². The summed E-state index contributed by atoms with van der Waals surface area (Å²) in [5.74, 6) is 0.338. The molecular weight excluding hydrogens is 1130 g/mol. The van der Waals surface area contributed by atoms with E-state index in [2.05, 4.69) is 44.1 Å². The monoisotopic (exact) mass is 1250 g/mol. The molecule has 0 bridgehead atoms. The van der Waals surface area contributed by atoms with Crippen LogP contribution in [0.3, 0.4) is 0 Å². The zero-order chi connectivity index (χ0) is 62.0. The third-order valence-electron chi connectivity index (χ3n) is 14.5. The number of carbonyl (C=O) groups is 6. The van der Waals surface area contributed by atoms with Gasteiger partial charge >= 0.3 is 6.03 Å². The molecule has 86 heavy (non-hydrogen) atoms. The topological polar surface area (TPSA) is 301 Å². The van der Waals surface area contributed by atoms with Crippen LogP contribution in [0.1, 0.15) is 174 Å². The van der Waals surface area contributed by atoms with Crippen LogP contribution in [0.25, 0.3) is 0 Å². The average Bonchev–Trinajstić information content (AvgIpc) is 3.15. The maximum Gasteiger partial charge on any atom is 0.315 e. The van der Waals surface area contributed by atoms with E-state index in [1.54, 1.807) is 6.08 Å². The van der Waals surface area contributed by atoms with Crippen LogP contribution < -0.4 is 37.2 Å². The standard InChI is InChI=1S/C62H115N7O16S/c1-2-3-4-5-6-7-8-9-10-11-12-13-16-23-54(71)52(50-70)67-60(76)29-28-59(75)66-33-35-79-37-39-81-41-43-83-45-47-85-49-48-84-46-44-82-42-40-80-38-36-78-34-32-65-58(74)26-18-15-22-30-63-56(72)25-17-14-21-31-64-57(73)27-20-19-24-55-61-53(51-86-55)68-62(77)69-61/h16,23,52-55,61,70-71H,2-15,17-22,24-51H2,1H3,(H,63,72)(H,64,73)(H,65,74)(H,66,75)(H,67,76)(H2,68,69,77)/b23-16+/t52-,53-,54-,55-,61-/m0/s1. The summed E-state index contributed by atoms with van der Waals surface area (Å²) in [5.41, 5.74) is 0. The number of allylic oxidation sites excluding steroid dienone is 1. The summed E-state index contributed by atoms with van der Waals surface area (Å²) in [6.07, 6.45) is 26.5. The lowest BCUT2D eigenvalue weighted by atomic mass is 10.0. The van der Waals surface area contributed by atoms with Crippen molar-refractivity contribution in [2.45, 2.75) is 203 Å².